The Hall–Kier alpha value is -0.940. The average Bonchev–Trinajstić information content (AvgIpc) is 2.67. The molecule has 0 saturated heterocycles. The molecule has 14 heavy (non-hydrogen) atoms. The molecule has 1 N–H and O–H groups in total. The fourth-order valence-electron chi connectivity index (χ4n) is 0.973. The minimum atomic E-state index is -0.289. The molecular formula is C9H14N2O2S. The van der Waals surface area contributed by atoms with E-state index in [9.17, 15) is 4.79 Å². The first kappa shape index (κ1) is 11.1. The first-order valence-electron chi connectivity index (χ1n) is 4.28. The molecule has 5 heteroatoms. The molecular weight excluding hydrogens is 200 g/mol. The Labute approximate surface area is 87.3 Å². The van der Waals surface area contributed by atoms with Gasteiger partial charge in [-0.25, -0.2) is 4.98 Å². The van der Waals surface area contributed by atoms with Gasteiger partial charge in [0.15, 0.2) is 0 Å². The predicted octanol–water partition coefficient (Wildman–Crippen LogP) is 1.14. The number of aromatic nitrogens is 1. The second-order valence-electron chi connectivity index (χ2n) is 3.39. The molecule has 0 aliphatic rings. The van der Waals surface area contributed by atoms with E-state index in [1.54, 1.807) is 17.5 Å². The Morgan fingerprint density at radius 2 is 2.43 bits per heavy atom. The highest BCUT2D eigenvalue weighted by molar-refractivity contribution is 7.09. The highest BCUT2D eigenvalue weighted by atomic mass is 32.1. The molecule has 0 bridgehead atoms. The molecule has 0 unspecified atom stereocenters. The van der Waals surface area contributed by atoms with Gasteiger partial charge >= 0.3 is 5.97 Å². The Morgan fingerprint density at radius 3 is 2.93 bits per heavy atom. The zero-order valence-corrected chi connectivity index (χ0v) is 9.35. The third kappa shape index (κ3) is 2.78. The van der Waals surface area contributed by atoms with E-state index in [0.29, 0.717) is 0 Å². The maximum atomic E-state index is 10.9. The number of methoxy groups -OCH3 is 1. The average molecular weight is 214 g/mol. The molecule has 0 aliphatic carbocycles. The van der Waals surface area contributed by atoms with Gasteiger partial charge in [-0.2, -0.15) is 0 Å². The molecule has 1 aromatic heterocycles. The molecule has 1 heterocycles. The van der Waals surface area contributed by atoms with Crippen molar-refractivity contribution in [1.29, 1.82) is 0 Å². The van der Waals surface area contributed by atoms with Crippen molar-refractivity contribution in [1.82, 2.24) is 10.3 Å². The highest BCUT2D eigenvalue weighted by Gasteiger charge is 2.23. The fourth-order valence-corrected chi connectivity index (χ4v) is 1.71. The van der Waals surface area contributed by atoms with E-state index in [4.69, 9.17) is 0 Å². The van der Waals surface area contributed by atoms with Crippen LogP contribution in [0.4, 0.5) is 0 Å². The summed E-state index contributed by atoms with van der Waals surface area (Å²) in [6.45, 7) is 4.16. The largest absolute Gasteiger partial charge is 0.468 e. The van der Waals surface area contributed by atoms with Crippen LogP contribution in [0.5, 0.6) is 0 Å². The van der Waals surface area contributed by atoms with Gasteiger partial charge in [-0.15, -0.1) is 11.3 Å². The minimum absolute atomic E-state index is 0.197. The Balaban J connectivity index is 2.54. The van der Waals surface area contributed by atoms with Crippen LogP contribution in [0.2, 0.25) is 0 Å². The summed E-state index contributed by atoms with van der Waals surface area (Å²) in [4.78, 5) is 15.1. The molecule has 0 spiro atoms. The smallest absolute Gasteiger partial charge is 0.319 e. The second kappa shape index (κ2) is 4.52. The quantitative estimate of drug-likeness (QED) is 0.764. The van der Waals surface area contributed by atoms with Gasteiger partial charge in [-0.05, 0) is 13.8 Å². The number of esters is 1. The summed E-state index contributed by atoms with van der Waals surface area (Å²) in [5, 5.41) is 5.96. The molecule has 0 aliphatic heterocycles. The number of hydrogen-bond acceptors (Lipinski definition) is 5. The van der Waals surface area contributed by atoms with Crippen LogP contribution in [0.3, 0.4) is 0 Å². The maximum Gasteiger partial charge on any atom is 0.319 e. The highest BCUT2D eigenvalue weighted by Crippen LogP contribution is 2.21. The van der Waals surface area contributed by atoms with Crippen LogP contribution in [-0.2, 0) is 15.1 Å². The molecule has 0 saturated carbocycles. The summed E-state index contributed by atoms with van der Waals surface area (Å²) in [7, 11) is 1.38. The Kier molecular flexibility index (Phi) is 3.60. The van der Waals surface area contributed by atoms with E-state index in [-0.39, 0.29) is 18.1 Å². The molecule has 0 radical (unpaired) electrons. The molecule has 0 aromatic carbocycles. The number of thiazole rings is 1. The van der Waals surface area contributed by atoms with Crippen molar-refractivity contribution in [3.63, 3.8) is 0 Å². The normalized spacial score (nSPS) is 11.4. The first-order chi connectivity index (χ1) is 6.56. The van der Waals surface area contributed by atoms with Crippen molar-refractivity contribution >= 4 is 17.3 Å². The van der Waals surface area contributed by atoms with E-state index in [1.807, 2.05) is 19.2 Å². The Morgan fingerprint density at radius 1 is 1.71 bits per heavy atom. The number of carbonyl (C=O) groups excluding carboxylic acids is 1. The van der Waals surface area contributed by atoms with E-state index >= 15 is 0 Å². The van der Waals surface area contributed by atoms with Gasteiger partial charge in [0.05, 0.1) is 19.2 Å². The maximum absolute atomic E-state index is 10.9. The zero-order chi connectivity index (χ0) is 10.6. The third-order valence-corrected chi connectivity index (χ3v) is 2.97. The lowest BCUT2D eigenvalue weighted by Gasteiger charge is -2.22. The third-order valence-electron chi connectivity index (χ3n) is 1.87. The van der Waals surface area contributed by atoms with Gasteiger partial charge in [-0.3, -0.25) is 10.1 Å². The number of rotatable bonds is 4. The molecule has 78 valence electrons. The van der Waals surface area contributed by atoms with Crippen LogP contribution in [0.15, 0.2) is 11.6 Å². The van der Waals surface area contributed by atoms with Crippen LogP contribution >= 0.6 is 11.3 Å². The summed E-state index contributed by atoms with van der Waals surface area (Å²) >= 11 is 1.56. The van der Waals surface area contributed by atoms with Crippen LogP contribution in [0, 0.1) is 0 Å². The summed E-state index contributed by atoms with van der Waals surface area (Å²) in [6.07, 6.45) is 1.75. The Bertz CT molecular complexity index is 296. The van der Waals surface area contributed by atoms with E-state index in [2.05, 4.69) is 15.0 Å². The van der Waals surface area contributed by atoms with Crippen molar-refractivity contribution in [3.8, 4) is 0 Å². The number of nitrogens with one attached hydrogen (secondary N) is 1. The molecule has 0 fully saturated rings. The lowest BCUT2D eigenvalue weighted by molar-refractivity contribution is -0.139. The van der Waals surface area contributed by atoms with Crippen molar-refractivity contribution in [3.05, 3.63) is 16.6 Å². The fraction of sp³-hybridized carbons (Fsp3) is 0.556. The van der Waals surface area contributed by atoms with Crippen molar-refractivity contribution < 1.29 is 9.53 Å². The molecule has 1 rings (SSSR count). The van der Waals surface area contributed by atoms with E-state index in [0.717, 1.165) is 5.01 Å². The summed E-state index contributed by atoms with van der Waals surface area (Å²) in [5.41, 5.74) is -0.289. The summed E-state index contributed by atoms with van der Waals surface area (Å²) in [6, 6.07) is 0. The van der Waals surface area contributed by atoms with Crippen LogP contribution in [0.25, 0.3) is 0 Å². The van der Waals surface area contributed by atoms with Crippen molar-refractivity contribution in [2.24, 2.45) is 0 Å². The van der Waals surface area contributed by atoms with Gasteiger partial charge in [0.1, 0.15) is 5.01 Å². The predicted molar refractivity (Wildman–Crippen MR) is 55.2 cm³/mol. The molecule has 0 atom stereocenters. The van der Waals surface area contributed by atoms with Gasteiger partial charge < -0.3 is 4.74 Å². The topological polar surface area (TPSA) is 51.2 Å². The zero-order valence-electron chi connectivity index (χ0n) is 8.53. The van der Waals surface area contributed by atoms with Crippen molar-refractivity contribution in [2.75, 3.05) is 13.7 Å². The SMILES string of the molecule is COC(=O)CNC(C)(C)c1nccs1. The standard InChI is InChI=1S/C9H14N2O2S/c1-9(2,8-10-4-5-14-8)11-6-7(12)13-3/h4-5,11H,6H2,1-3H3. The number of hydrogen-bond donors (Lipinski definition) is 1. The van der Waals surface area contributed by atoms with Crippen LogP contribution in [-0.4, -0.2) is 24.6 Å². The van der Waals surface area contributed by atoms with Gasteiger partial charge in [0.25, 0.3) is 0 Å². The lowest BCUT2D eigenvalue weighted by Crippen LogP contribution is -2.40. The first-order valence-corrected chi connectivity index (χ1v) is 5.16. The summed E-state index contributed by atoms with van der Waals surface area (Å²) < 4.78 is 4.54. The molecule has 4 nitrogen and oxygen atoms in total. The van der Waals surface area contributed by atoms with Crippen LogP contribution in [0.1, 0.15) is 18.9 Å². The van der Waals surface area contributed by atoms with Gasteiger partial charge in [0.2, 0.25) is 0 Å². The number of carbonyl (C=O) groups is 1. The molecule has 1 aromatic rings. The van der Waals surface area contributed by atoms with Gasteiger partial charge in [-0.1, -0.05) is 0 Å². The van der Waals surface area contributed by atoms with Crippen molar-refractivity contribution in [2.45, 2.75) is 19.4 Å². The minimum Gasteiger partial charge on any atom is -0.468 e. The molecule has 0 amide bonds. The number of ether oxygens (including phenoxy) is 1. The lowest BCUT2D eigenvalue weighted by atomic mass is 10.1. The van der Waals surface area contributed by atoms with E-state index < -0.39 is 0 Å². The van der Waals surface area contributed by atoms with Crippen LogP contribution < -0.4 is 5.32 Å². The second-order valence-corrected chi connectivity index (χ2v) is 4.29. The summed E-state index contributed by atoms with van der Waals surface area (Å²) in [5.74, 6) is -0.269. The van der Waals surface area contributed by atoms with Gasteiger partial charge in [0, 0.05) is 11.6 Å². The number of nitrogens with zero attached hydrogens (tertiary/aromatic N) is 1. The van der Waals surface area contributed by atoms with E-state index in [1.165, 1.54) is 7.11 Å². The monoisotopic (exact) mass is 214 g/mol.